The van der Waals surface area contributed by atoms with E-state index in [9.17, 15) is 4.79 Å². The van der Waals surface area contributed by atoms with Crippen molar-refractivity contribution in [2.45, 2.75) is 109 Å². The maximum Gasteiger partial charge on any atom is 0.157 e. The fourth-order valence-corrected chi connectivity index (χ4v) is 3.06. The van der Waals surface area contributed by atoms with Crippen LogP contribution >= 0.6 is 0 Å². The molecule has 1 fully saturated rings. The van der Waals surface area contributed by atoms with Crippen molar-refractivity contribution in [3.05, 3.63) is 0 Å². The van der Waals surface area contributed by atoms with Gasteiger partial charge in [0.15, 0.2) is 6.29 Å². The molecule has 0 aliphatic carbocycles. The van der Waals surface area contributed by atoms with Crippen LogP contribution in [-0.4, -0.2) is 25.3 Å². The fourth-order valence-electron chi connectivity index (χ4n) is 3.06. The number of carbonyl (C=O) groups excluding carboxylic acids is 1. The molecule has 1 rings (SSSR count). The van der Waals surface area contributed by atoms with Crippen LogP contribution in [0.3, 0.4) is 0 Å². The highest BCUT2D eigenvalue weighted by atomic mass is 16.7. The zero-order chi connectivity index (χ0) is 15.9. The molecule has 130 valence electrons. The maximum absolute atomic E-state index is 10.8. The van der Waals surface area contributed by atoms with Crippen LogP contribution in [0.15, 0.2) is 0 Å². The van der Waals surface area contributed by atoms with Gasteiger partial charge in [-0.05, 0) is 25.7 Å². The highest BCUT2D eigenvalue weighted by Crippen LogP contribution is 2.19. The van der Waals surface area contributed by atoms with E-state index in [0.717, 1.165) is 32.2 Å². The SMILES string of the molecule is CCCCCCCCCCC[C@H](CC=O)OC1CCCCO1. The number of hydrogen-bond donors (Lipinski definition) is 0. The van der Waals surface area contributed by atoms with E-state index in [1.807, 2.05) is 0 Å². The van der Waals surface area contributed by atoms with Gasteiger partial charge in [-0.3, -0.25) is 0 Å². The molecule has 0 spiro atoms. The third-order valence-electron chi connectivity index (χ3n) is 4.47. The highest BCUT2D eigenvalue weighted by molar-refractivity contribution is 5.50. The number of rotatable bonds is 14. The van der Waals surface area contributed by atoms with E-state index >= 15 is 0 Å². The molecule has 0 amide bonds. The normalized spacial score (nSPS) is 20.0. The van der Waals surface area contributed by atoms with Gasteiger partial charge < -0.3 is 14.3 Å². The molecule has 0 N–H and O–H groups in total. The zero-order valence-electron chi connectivity index (χ0n) is 14.6. The molecule has 0 bridgehead atoms. The van der Waals surface area contributed by atoms with Gasteiger partial charge >= 0.3 is 0 Å². The van der Waals surface area contributed by atoms with Gasteiger partial charge in [0.25, 0.3) is 0 Å². The van der Waals surface area contributed by atoms with Crippen LogP contribution in [0.2, 0.25) is 0 Å². The Labute approximate surface area is 137 Å². The van der Waals surface area contributed by atoms with Crippen molar-refractivity contribution in [3.63, 3.8) is 0 Å². The van der Waals surface area contributed by atoms with Crippen LogP contribution in [0.25, 0.3) is 0 Å². The Balaban J connectivity index is 1.99. The molecular weight excluding hydrogens is 276 g/mol. The largest absolute Gasteiger partial charge is 0.353 e. The first-order valence-electron chi connectivity index (χ1n) is 9.57. The highest BCUT2D eigenvalue weighted by Gasteiger charge is 2.19. The third-order valence-corrected chi connectivity index (χ3v) is 4.47. The Morgan fingerprint density at radius 1 is 1.05 bits per heavy atom. The van der Waals surface area contributed by atoms with Crippen molar-refractivity contribution >= 4 is 6.29 Å². The average molecular weight is 312 g/mol. The molecule has 1 aliphatic rings. The Hall–Kier alpha value is -0.410. The van der Waals surface area contributed by atoms with E-state index in [4.69, 9.17) is 9.47 Å². The summed E-state index contributed by atoms with van der Waals surface area (Å²) in [5, 5.41) is 0. The van der Waals surface area contributed by atoms with Crippen LogP contribution < -0.4 is 0 Å². The summed E-state index contributed by atoms with van der Waals surface area (Å²) in [5.74, 6) is 0. The fraction of sp³-hybridized carbons (Fsp3) is 0.947. The summed E-state index contributed by atoms with van der Waals surface area (Å²) in [6.45, 7) is 3.06. The van der Waals surface area contributed by atoms with Crippen LogP contribution in [0.1, 0.15) is 96.8 Å². The molecule has 22 heavy (non-hydrogen) atoms. The Kier molecular flexibility index (Phi) is 12.7. The molecule has 2 atom stereocenters. The number of unbranched alkanes of at least 4 members (excludes halogenated alkanes) is 8. The second-order valence-electron chi connectivity index (χ2n) is 6.57. The molecule has 3 nitrogen and oxygen atoms in total. The van der Waals surface area contributed by atoms with Gasteiger partial charge in [-0.15, -0.1) is 0 Å². The van der Waals surface area contributed by atoms with E-state index in [1.54, 1.807) is 0 Å². The van der Waals surface area contributed by atoms with Crippen LogP contribution in [0.4, 0.5) is 0 Å². The first kappa shape index (κ1) is 19.6. The van der Waals surface area contributed by atoms with Crippen molar-refractivity contribution in [1.29, 1.82) is 0 Å². The number of carbonyl (C=O) groups is 1. The molecule has 1 unspecified atom stereocenters. The molecule has 3 heteroatoms. The predicted molar refractivity (Wildman–Crippen MR) is 91.0 cm³/mol. The predicted octanol–water partition coefficient (Wildman–Crippen LogP) is 5.41. The second kappa shape index (κ2) is 14.2. The number of hydrogen-bond acceptors (Lipinski definition) is 3. The second-order valence-corrected chi connectivity index (χ2v) is 6.57. The lowest BCUT2D eigenvalue weighted by molar-refractivity contribution is -0.190. The van der Waals surface area contributed by atoms with Gasteiger partial charge in [0.2, 0.25) is 0 Å². The minimum Gasteiger partial charge on any atom is -0.353 e. The molecule has 0 radical (unpaired) electrons. The van der Waals surface area contributed by atoms with E-state index in [2.05, 4.69) is 6.92 Å². The van der Waals surface area contributed by atoms with Crippen LogP contribution in [-0.2, 0) is 14.3 Å². The summed E-state index contributed by atoms with van der Waals surface area (Å²) < 4.78 is 11.6. The Morgan fingerprint density at radius 3 is 2.32 bits per heavy atom. The minimum atomic E-state index is -0.0720. The summed E-state index contributed by atoms with van der Waals surface area (Å²) in [4.78, 5) is 10.8. The molecule has 0 aromatic rings. The van der Waals surface area contributed by atoms with Crippen LogP contribution in [0.5, 0.6) is 0 Å². The van der Waals surface area contributed by atoms with Crippen molar-refractivity contribution in [2.24, 2.45) is 0 Å². The molecular formula is C19H36O3. The van der Waals surface area contributed by atoms with E-state index in [-0.39, 0.29) is 12.4 Å². The van der Waals surface area contributed by atoms with Crippen LogP contribution in [0, 0.1) is 0 Å². The van der Waals surface area contributed by atoms with E-state index in [1.165, 1.54) is 64.2 Å². The van der Waals surface area contributed by atoms with E-state index < -0.39 is 0 Å². The molecule has 0 aromatic heterocycles. The number of aldehydes is 1. The smallest absolute Gasteiger partial charge is 0.157 e. The van der Waals surface area contributed by atoms with Gasteiger partial charge in [-0.2, -0.15) is 0 Å². The molecule has 1 aliphatic heterocycles. The first-order valence-corrected chi connectivity index (χ1v) is 9.57. The van der Waals surface area contributed by atoms with Gasteiger partial charge in [0.05, 0.1) is 6.10 Å². The molecule has 1 heterocycles. The van der Waals surface area contributed by atoms with Crippen molar-refractivity contribution < 1.29 is 14.3 Å². The maximum atomic E-state index is 10.8. The van der Waals surface area contributed by atoms with Crippen molar-refractivity contribution in [2.75, 3.05) is 6.61 Å². The summed E-state index contributed by atoms with van der Waals surface area (Å²) >= 11 is 0. The lowest BCUT2D eigenvalue weighted by Crippen LogP contribution is -2.28. The quantitative estimate of drug-likeness (QED) is 0.318. The summed E-state index contributed by atoms with van der Waals surface area (Å²) in [6, 6.07) is 0. The average Bonchev–Trinajstić information content (AvgIpc) is 2.54. The Morgan fingerprint density at radius 2 is 1.73 bits per heavy atom. The minimum absolute atomic E-state index is 0.0603. The standard InChI is InChI=1S/C19H36O3/c1-2-3-4-5-6-7-8-9-10-13-18(15-16-20)22-19-14-11-12-17-21-19/h16,18-19H,2-15,17H2,1H3/t18-,19?/m1/s1. The topological polar surface area (TPSA) is 35.5 Å². The molecule has 0 aromatic carbocycles. The van der Waals surface area contributed by atoms with Crippen molar-refractivity contribution in [3.8, 4) is 0 Å². The lowest BCUT2D eigenvalue weighted by Gasteiger charge is -2.27. The number of ether oxygens (including phenoxy) is 2. The Bertz CT molecular complexity index is 249. The van der Waals surface area contributed by atoms with Gasteiger partial charge in [0, 0.05) is 13.0 Å². The van der Waals surface area contributed by atoms with Gasteiger partial charge in [0.1, 0.15) is 6.29 Å². The molecule has 0 saturated carbocycles. The van der Waals surface area contributed by atoms with Gasteiger partial charge in [-0.25, -0.2) is 0 Å². The summed E-state index contributed by atoms with van der Waals surface area (Å²) in [5.41, 5.74) is 0. The first-order chi connectivity index (χ1) is 10.9. The third kappa shape index (κ3) is 10.3. The summed E-state index contributed by atoms with van der Waals surface area (Å²) in [6.07, 6.45) is 17.7. The lowest BCUT2D eigenvalue weighted by atomic mass is 10.0. The summed E-state index contributed by atoms with van der Waals surface area (Å²) in [7, 11) is 0. The van der Waals surface area contributed by atoms with E-state index in [0.29, 0.717) is 6.42 Å². The van der Waals surface area contributed by atoms with Gasteiger partial charge in [-0.1, -0.05) is 64.7 Å². The zero-order valence-corrected chi connectivity index (χ0v) is 14.6. The molecule has 1 saturated heterocycles. The monoisotopic (exact) mass is 312 g/mol. The van der Waals surface area contributed by atoms with Crippen molar-refractivity contribution in [1.82, 2.24) is 0 Å².